The Morgan fingerprint density at radius 1 is 1.24 bits per heavy atom. The Kier molecular flexibility index (Phi) is 3.50. The zero-order valence-electron chi connectivity index (χ0n) is 12.9. The minimum absolute atomic E-state index is 0.0457. The van der Waals surface area contributed by atoms with Gasteiger partial charge in [-0.05, 0) is 18.8 Å². The quantitative estimate of drug-likeness (QED) is 0.854. The summed E-state index contributed by atoms with van der Waals surface area (Å²) in [6, 6.07) is 0. The van der Waals surface area contributed by atoms with Gasteiger partial charge >= 0.3 is 0 Å². The van der Waals surface area contributed by atoms with E-state index in [2.05, 4.69) is 15.1 Å². The highest BCUT2D eigenvalue weighted by molar-refractivity contribution is 5.16. The van der Waals surface area contributed by atoms with Crippen molar-refractivity contribution in [2.45, 2.75) is 44.4 Å². The molecule has 3 heterocycles. The number of hydrogen-bond donors (Lipinski definition) is 0. The normalized spacial score (nSPS) is 34.4. The number of fused-ring (bicyclic) bond motifs is 1. The van der Waals surface area contributed by atoms with Gasteiger partial charge in [-0.15, -0.1) is 10.2 Å². The molecule has 3 fully saturated rings. The molecule has 0 spiro atoms. The fourth-order valence-corrected chi connectivity index (χ4v) is 4.51. The van der Waals surface area contributed by atoms with E-state index in [0.717, 1.165) is 38.1 Å². The van der Waals surface area contributed by atoms with Crippen LogP contribution in [0.15, 0.2) is 4.42 Å². The molecule has 3 aliphatic rings. The highest BCUT2D eigenvalue weighted by Crippen LogP contribution is 2.43. The molecule has 0 N–H and O–H groups in total. The van der Waals surface area contributed by atoms with Crippen LogP contribution in [0.3, 0.4) is 0 Å². The lowest BCUT2D eigenvalue weighted by molar-refractivity contribution is 0.132. The van der Waals surface area contributed by atoms with Gasteiger partial charge < -0.3 is 14.1 Å². The van der Waals surface area contributed by atoms with E-state index in [1.54, 1.807) is 0 Å². The number of aryl methyl sites for hydroxylation is 1. The van der Waals surface area contributed by atoms with E-state index in [9.17, 15) is 0 Å². The summed E-state index contributed by atoms with van der Waals surface area (Å²) in [4.78, 5) is 2.63. The molecule has 0 amide bonds. The average Bonchev–Trinajstić information content (AvgIpc) is 3.14. The standard InChI is InChI=1S/C16H25N3O2/c1-12-17-18-15(21-12)16-10-19(8-14(16)9-20-11-16)7-13-5-3-2-4-6-13/h13-14H,2-11H2,1H3/t14-,16-/m0/s1. The molecule has 0 unspecified atom stereocenters. The molecule has 2 aliphatic heterocycles. The Balaban J connectivity index is 1.49. The van der Waals surface area contributed by atoms with Gasteiger partial charge in [-0.25, -0.2) is 0 Å². The van der Waals surface area contributed by atoms with E-state index in [1.165, 1.54) is 38.6 Å². The van der Waals surface area contributed by atoms with Gasteiger partial charge in [0.2, 0.25) is 11.8 Å². The van der Waals surface area contributed by atoms with Crippen LogP contribution in [0.4, 0.5) is 0 Å². The van der Waals surface area contributed by atoms with Crippen LogP contribution >= 0.6 is 0 Å². The van der Waals surface area contributed by atoms with Gasteiger partial charge in [0.25, 0.3) is 0 Å². The Labute approximate surface area is 126 Å². The van der Waals surface area contributed by atoms with Crippen molar-refractivity contribution in [3.63, 3.8) is 0 Å². The van der Waals surface area contributed by atoms with Gasteiger partial charge in [0.05, 0.1) is 18.6 Å². The molecule has 1 saturated carbocycles. The molecule has 5 nitrogen and oxygen atoms in total. The molecule has 4 rings (SSSR count). The summed E-state index contributed by atoms with van der Waals surface area (Å²) in [5, 5.41) is 8.36. The van der Waals surface area contributed by atoms with Crippen molar-refractivity contribution in [3.8, 4) is 0 Å². The van der Waals surface area contributed by atoms with Gasteiger partial charge in [-0.1, -0.05) is 19.3 Å². The van der Waals surface area contributed by atoms with E-state index in [4.69, 9.17) is 9.15 Å². The molecule has 0 radical (unpaired) electrons. The van der Waals surface area contributed by atoms with Crippen LogP contribution in [-0.4, -0.2) is 47.9 Å². The van der Waals surface area contributed by atoms with Crippen molar-refractivity contribution in [2.24, 2.45) is 11.8 Å². The predicted octanol–water partition coefficient (Wildman–Crippen LogP) is 2.16. The topological polar surface area (TPSA) is 51.4 Å². The maximum absolute atomic E-state index is 5.78. The third kappa shape index (κ3) is 2.40. The monoisotopic (exact) mass is 291 g/mol. The summed E-state index contributed by atoms with van der Waals surface area (Å²) in [6.07, 6.45) is 7.07. The predicted molar refractivity (Wildman–Crippen MR) is 78.0 cm³/mol. The van der Waals surface area contributed by atoms with Crippen LogP contribution in [0.5, 0.6) is 0 Å². The molecule has 21 heavy (non-hydrogen) atoms. The Bertz CT molecular complexity index is 497. The summed E-state index contributed by atoms with van der Waals surface area (Å²) in [6.45, 7) is 6.83. The zero-order chi connectivity index (χ0) is 14.3. The molecule has 1 aromatic heterocycles. The number of likely N-dealkylation sites (tertiary alicyclic amines) is 1. The van der Waals surface area contributed by atoms with Crippen molar-refractivity contribution in [2.75, 3.05) is 32.8 Å². The number of hydrogen-bond acceptors (Lipinski definition) is 5. The first-order valence-electron chi connectivity index (χ1n) is 8.37. The Morgan fingerprint density at radius 3 is 2.86 bits per heavy atom. The van der Waals surface area contributed by atoms with Crippen molar-refractivity contribution in [1.29, 1.82) is 0 Å². The summed E-state index contributed by atoms with van der Waals surface area (Å²) < 4.78 is 11.5. The fourth-order valence-electron chi connectivity index (χ4n) is 4.51. The Morgan fingerprint density at radius 2 is 2.10 bits per heavy atom. The maximum Gasteiger partial charge on any atom is 0.226 e. The third-order valence-corrected chi connectivity index (χ3v) is 5.64. The van der Waals surface area contributed by atoms with Gasteiger partial charge in [0.15, 0.2) is 0 Å². The molecule has 0 aromatic carbocycles. The fraction of sp³-hybridized carbons (Fsp3) is 0.875. The second-order valence-electron chi connectivity index (χ2n) is 7.19. The molecule has 1 aromatic rings. The van der Waals surface area contributed by atoms with E-state index in [0.29, 0.717) is 11.8 Å². The molecule has 1 aliphatic carbocycles. The van der Waals surface area contributed by atoms with Crippen LogP contribution < -0.4 is 0 Å². The first kappa shape index (κ1) is 13.7. The van der Waals surface area contributed by atoms with Crippen molar-refractivity contribution in [3.05, 3.63) is 11.8 Å². The minimum Gasteiger partial charge on any atom is -0.425 e. The Hall–Kier alpha value is -0.940. The number of nitrogens with zero attached hydrogens (tertiary/aromatic N) is 3. The maximum atomic E-state index is 5.78. The molecule has 0 bridgehead atoms. The smallest absolute Gasteiger partial charge is 0.226 e. The first-order chi connectivity index (χ1) is 10.3. The van der Waals surface area contributed by atoms with Crippen LogP contribution in [0.1, 0.15) is 43.9 Å². The SMILES string of the molecule is Cc1nnc([C@@]23COC[C@@H]2CN(CC2CCCCC2)C3)o1. The van der Waals surface area contributed by atoms with E-state index in [-0.39, 0.29) is 5.41 Å². The van der Waals surface area contributed by atoms with Gasteiger partial charge in [-0.3, -0.25) is 0 Å². The van der Waals surface area contributed by atoms with Gasteiger partial charge in [0, 0.05) is 32.5 Å². The lowest BCUT2D eigenvalue weighted by Gasteiger charge is -2.28. The second-order valence-corrected chi connectivity index (χ2v) is 7.19. The van der Waals surface area contributed by atoms with Crippen LogP contribution in [-0.2, 0) is 10.2 Å². The zero-order valence-corrected chi connectivity index (χ0v) is 12.9. The molecule has 2 saturated heterocycles. The third-order valence-electron chi connectivity index (χ3n) is 5.64. The summed E-state index contributed by atoms with van der Waals surface area (Å²) in [5.41, 5.74) is -0.0457. The molecule has 5 heteroatoms. The minimum atomic E-state index is -0.0457. The van der Waals surface area contributed by atoms with Crippen LogP contribution in [0.2, 0.25) is 0 Å². The van der Waals surface area contributed by atoms with E-state index >= 15 is 0 Å². The van der Waals surface area contributed by atoms with E-state index < -0.39 is 0 Å². The summed E-state index contributed by atoms with van der Waals surface area (Å²) in [7, 11) is 0. The van der Waals surface area contributed by atoms with Gasteiger partial charge in [0.1, 0.15) is 0 Å². The summed E-state index contributed by atoms with van der Waals surface area (Å²) in [5.74, 6) is 2.87. The van der Waals surface area contributed by atoms with Crippen molar-refractivity contribution >= 4 is 0 Å². The largest absolute Gasteiger partial charge is 0.425 e. The number of aromatic nitrogens is 2. The molecular weight excluding hydrogens is 266 g/mol. The van der Waals surface area contributed by atoms with Crippen LogP contribution in [0.25, 0.3) is 0 Å². The highest BCUT2D eigenvalue weighted by Gasteiger charge is 2.55. The van der Waals surface area contributed by atoms with Crippen molar-refractivity contribution in [1.82, 2.24) is 15.1 Å². The molecular formula is C16H25N3O2. The lowest BCUT2D eigenvalue weighted by atomic mass is 9.81. The summed E-state index contributed by atoms with van der Waals surface area (Å²) >= 11 is 0. The number of ether oxygens (including phenoxy) is 1. The number of rotatable bonds is 3. The van der Waals surface area contributed by atoms with Crippen molar-refractivity contribution < 1.29 is 9.15 Å². The lowest BCUT2D eigenvalue weighted by Crippen LogP contribution is -2.37. The van der Waals surface area contributed by atoms with Crippen LogP contribution in [0, 0.1) is 18.8 Å². The highest BCUT2D eigenvalue weighted by atomic mass is 16.5. The van der Waals surface area contributed by atoms with E-state index in [1.807, 2.05) is 6.92 Å². The average molecular weight is 291 g/mol. The molecule has 116 valence electrons. The molecule has 2 atom stereocenters. The van der Waals surface area contributed by atoms with Gasteiger partial charge in [-0.2, -0.15) is 0 Å². The first-order valence-corrected chi connectivity index (χ1v) is 8.37. The second kappa shape index (κ2) is 5.36.